The molecule has 234 valence electrons. The van der Waals surface area contributed by atoms with Crippen LogP contribution in [0, 0.1) is 5.21 Å². The van der Waals surface area contributed by atoms with Crippen molar-refractivity contribution in [2.75, 3.05) is 46.7 Å². The van der Waals surface area contributed by atoms with Gasteiger partial charge in [0.25, 0.3) is 5.56 Å². The normalized spacial score (nSPS) is 16.0. The van der Waals surface area contributed by atoms with Crippen LogP contribution in [0.1, 0.15) is 27.7 Å². The molecule has 2 unspecified atom stereocenters. The van der Waals surface area contributed by atoms with Gasteiger partial charge in [-0.15, -0.1) is 0 Å². The summed E-state index contributed by atoms with van der Waals surface area (Å²) in [5, 5.41) is 14.4. The fourth-order valence-corrected chi connectivity index (χ4v) is 5.97. The first kappa shape index (κ1) is 32.9. The lowest BCUT2D eigenvalue weighted by atomic mass is 10.0. The lowest BCUT2D eigenvalue weighted by molar-refractivity contribution is -0.892. The van der Waals surface area contributed by atoms with Crippen molar-refractivity contribution < 1.29 is 27.9 Å². The average molecular weight is 657 g/mol. The number of hydrogen-bond donors (Lipinski definition) is 0. The number of nitrogens with zero attached hydrogens (tertiary/aromatic N) is 5. The molecule has 0 aliphatic carbocycles. The second kappa shape index (κ2) is 12.6. The number of pyridine rings is 1. The van der Waals surface area contributed by atoms with Gasteiger partial charge in [-0.2, -0.15) is 0 Å². The van der Waals surface area contributed by atoms with E-state index in [0.29, 0.717) is 5.39 Å². The standard InChI is InChI=1S/C28H35Cl2N5O7S/c1-8-43(39)26-31-13-16-11-18(21-22(29)19(40-6)12-20(41-7)23(21)30)25(36)34(24(16)32-26)9-10-35(5,38)17-14-33(15-17)27(37)42-28(2,3)4/h11-13,17H,8-10,14-15H2,1-7H3. The SMILES string of the molecule is CCS(=O)c1ncc2cc(-c3c(Cl)c(OC)cc(OC)c3Cl)c(=O)n(CC[N+](C)([O-])C3CN(C(=O)OC(C)(C)C)C3)c2n1. The summed E-state index contributed by atoms with van der Waals surface area (Å²) in [6, 6.07) is 2.65. The minimum Gasteiger partial charge on any atom is -0.633 e. The summed E-state index contributed by atoms with van der Waals surface area (Å²) in [6.07, 6.45) is 0.994. The fraction of sp³-hybridized carbons (Fsp3) is 0.500. The van der Waals surface area contributed by atoms with Gasteiger partial charge in [-0.1, -0.05) is 30.1 Å². The van der Waals surface area contributed by atoms with Crippen LogP contribution >= 0.6 is 23.2 Å². The molecular formula is C28H35Cl2N5O7S. The maximum atomic E-state index is 14.1. The van der Waals surface area contributed by atoms with Crippen LogP contribution in [-0.2, 0) is 22.1 Å². The first-order valence-corrected chi connectivity index (χ1v) is 15.6. The molecule has 0 N–H and O–H groups in total. The van der Waals surface area contributed by atoms with E-state index < -0.39 is 38.7 Å². The van der Waals surface area contributed by atoms with Gasteiger partial charge in [-0.05, 0) is 26.8 Å². The van der Waals surface area contributed by atoms with Gasteiger partial charge in [0.05, 0.1) is 73.9 Å². The summed E-state index contributed by atoms with van der Waals surface area (Å²) in [6.45, 7) is 7.45. The van der Waals surface area contributed by atoms with E-state index >= 15 is 0 Å². The molecule has 1 aliphatic heterocycles. The number of hydrogen-bond acceptors (Lipinski definition) is 9. The predicted molar refractivity (Wildman–Crippen MR) is 165 cm³/mol. The van der Waals surface area contributed by atoms with Gasteiger partial charge in [-0.25, -0.2) is 14.8 Å². The Morgan fingerprint density at radius 1 is 1.16 bits per heavy atom. The molecule has 15 heteroatoms. The number of amides is 1. The summed E-state index contributed by atoms with van der Waals surface area (Å²) < 4.78 is 29.3. The average Bonchev–Trinajstić information content (AvgIpc) is 2.90. The van der Waals surface area contributed by atoms with E-state index in [1.54, 1.807) is 33.8 Å². The highest BCUT2D eigenvalue weighted by Crippen LogP contribution is 2.45. The third-order valence-corrected chi connectivity index (χ3v) is 9.05. The Morgan fingerprint density at radius 3 is 2.30 bits per heavy atom. The molecular weight excluding hydrogens is 621 g/mol. The number of rotatable bonds is 9. The number of hydroxylamine groups is 3. The van der Waals surface area contributed by atoms with Crippen LogP contribution < -0.4 is 15.0 Å². The number of fused-ring (bicyclic) bond motifs is 1. The van der Waals surface area contributed by atoms with Crippen molar-refractivity contribution >= 4 is 51.1 Å². The van der Waals surface area contributed by atoms with Crippen molar-refractivity contribution in [3.63, 3.8) is 0 Å². The molecule has 2 atom stereocenters. The minimum absolute atomic E-state index is 0.0234. The van der Waals surface area contributed by atoms with Crippen LogP contribution in [-0.4, -0.2) is 92.7 Å². The van der Waals surface area contributed by atoms with Crippen LogP contribution in [0.4, 0.5) is 4.79 Å². The number of likely N-dealkylation sites (N-methyl/N-ethyl adjacent to an activating group) is 1. The van der Waals surface area contributed by atoms with Crippen LogP contribution in [0.25, 0.3) is 22.2 Å². The van der Waals surface area contributed by atoms with Gasteiger partial charge in [0, 0.05) is 29.0 Å². The molecule has 1 saturated heterocycles. The Kier molecular flexibility index (Phi) is 9.62. The number of aromatic nitrogens is 3. The highest BCUT2D eigenvalue weighted by Gasteiger charge is 2.41. The first-order valence-electron chi connectivity index (χ1n) is 13.5. The van der Waals surface area contributed by atoms with Crippen molar-refractivity contribution in [1.29, 1.82) is 0 Å². The molecule has 0 spiro atoms. The maximum Gasteiger partial charge on any atom is 0.410 e. The number of carbonyl (C=O) groups excluding carboxylic acids is 1. The Hall–Kier alpha value is -2.97. The van der Waals surface area contributed by atoms with Crippen LogP contribution in [0.15, 0.2) is 28.3 Å². The van der Waals surface area contributed by atoms with Gasteiger partial charge in [0.2, 0.25) is 5.16 Å². The molecule has 3 heterocycles. The number of likely N-dealkylation sites (tertiary alicyclic amines) is 1. The number of halogens is 2. The van der Waals surface area contributed by atoms with Crippen molar-refractivity contribution in [3.05, 3.63) is 43.9 Å². The summed E-state index contributed by atoms with van der Waals surface area (Å²) >= 11 is 13.3. The van der Waals surface area contributed by atoms with Gasteiger partial charge in [0.1, 0.15) is 28.8 Å². The van der Waals surface area contributed by atoms with Crippen LogP contribution in [0.3, 0.4) is 0 Å². The highest BCUT2D eigenvalue weighted by atomic mass is 35.5. The molecule has 1 aromatic carbocycles. The monoisotopic (exact) mass is 655 g/mol. The van der Waals surface area contributed by atoms with Gasteiger partial charge in [0.15, 0.2) is 0 Å². The van der Waals surface area contributed by atoms with Gasteiger partial charge >= 0.3 is 6.09 Å². The number of methoxy groups -OCH3 is 2. The largest absolute Gasteiger partial charge is 0.633 e. The smallest absolute Gasteiger partial charge is 0.410 e. The molecule has 4 rings (SSSR count). The predicted octanol–water partition coefficient (Wildman–Crippen LogP) is 4.47. The number of benzene rings is 1. The minimum atomic E-state index is -1.48. The topological polar surface area (TPSA) is 136 Å². The van der Waals surface area contributed by atoms with Crippen LogP contribution in [0.5, 0.6) is 11.5 Å². The third kappa shape index (κ3) is 6.75. The van der Waals surface area contributed by atoms with Crippen molar-refractivity contribution in [2.45, 2.75) is 51.0 Å². The summed E-state index contributed by atoms with van der Waals surface area (Å²) in [7, 11) is 2.87. The molecule has 12 nitrogen and oxygen atoms in total. The second-order valence-electron chi connectivity index (χ2n) is 11.3. The second-order valence-corrected chi connectivity index (χ2v) is 13.7. The Morgan fingerprint density at radius 2 is 1.77 bits per heavy atom. The lowest BCUT2D eigenvalue weighted by Gasteiger charge is -2.53. The lowest BCUT2D eigenvalue weighted by Crippen LogP contribution is -2.67. The first-order chi connectivity index (χ1) is 20.1. The van der Waals surface area contributed by atoms with Crippen LogP contribution in [0.2, 0.25) is 10.0 Å². The summed E-state index contributed by atoms with van der Waals surface area (Å²) in [5.74, 6) is 0.781. The molecule has 1 aliphatic rings. The van der Waals surface area contributed by atoms with E-state index in [0.717, 1.165) is 0 Å². The van der Waals surface area contributed by atoms with Gasteiger partial charge in [-0.3, -0.25) is 18.5 Å². The molecule has 2 aromatic heterocycles. The zero-order chi connectivity index (χ0) is 31.9. The van der Waals surface area contributed by atoms with Crippen molar-refractivity contribution in [1.82, 2.24) is 19.4 Å². The summed E-state index contributed by atoms with van der Waals surface area (Å²) in [5.41, 5.74) is -0.652. The van der Waals surface area contributed by atoms with E-state index in [1.165, 1.54) is 43.0 Å². The zero-order valence-corrected chi connectivity index (χ0v) is 27.4. The molecule has 43 heavy (non-hydrogen) atoms. The number of ether oxygens (including phenoxy) is 3. The van der Waals surface area contributed by atoms with Gasteiger partial charge < -0.3 is 24.1 Å². The highest BCUT2D eigenvalue weighted by molar-refractivity contribution is 7.84. The van der Waals surface area contributed by atoms with E-state index in [1.807, 2.05) is 0 Å². The fourth-order valence-electron chi connectivity index (χ4n) is 4.65. The zero-order valence-electron chi connectivity index (χ0n) is 25.1. The van der Waals surface area contributed by atoms with Crippen molar-refractivity contribution in [3.8, 4) is 22.6 Å². The third-order valence-electron chi connectivity index (χ3n) is 7.17. The Labute approximate surface area is 262 Å². The Bertz CT molecular complexity index is 1610. The van der Waals surface area contributed by atoms with E-state index in [4.69, 9.17) is 37.4 Å². The molecule has 1 fully saturated rings. The Balaban J connectivity index is 1.76. The molecule has 3 aromatic rings. The quantitative estimate of drug-likeness (QED) is 0.186. The van der Waals surface area contributed by atoms with E-state index in [-0.39, 0.29) is 75.4 Å². The molecule has 0 saturated carbocycles. The van der Waals surface area contributed by atoms with Crippen molar-refractivity contribution in [2.24, 2.45) is 0 Å². The summed E-state index contributed by atoms with van der Waals surface area (Å²) in [4.78, 5) is 36.7. The maximum absolute atomic E-state index is 14.1. The molecule has 1 amide bonds. The molecule has 0 radical (unpaired) electrons. The molecule has 0 bridgehead atoms. The van der Waals surface area contributed by atoms with E-state index in [2.05, 4.69) is 9.97 Å². The number of quaternary nitrogens is 1. The van der Waals surface area contributed by atoms with E-state index in [9.17, 15) is 19.0 Å². The number of carbonyl (C=O) groups is 1.